The van der Waals surface area contributed by atoms with Crippen LogP contribution in [0.25, 0.3) is 11.3 Å². The van der Waals surface area contributed by atoms with Gasteiger partial charge in [0.25, 0.3) is 11.8 Å². The van der Waals surface area contributed by atoms with E-state index in [1.807, 2.05) is 0 Å². The minimum atomic E-state index is -0.627. The van der Waals surface area contributed by atoms with E-state index in [4.69, 9.17) is 21.9 Å². The van der Waals surface area contributed by atoms with Crippen LogP contribution >= 0.6 is 22.9 Å². The molecule has 3 heterocycles. The monoisotopic (exact) mass is 458 g/mol. The van der Waals surface area contributed by atoms with E-state index < -0.39 is 11.8 Å². The van der Waals surface area contributed by atoms with Crippen LogP contribution in [0.1, 0.15) is 43.8 Å². The zero-order valence-electron chi connectivity index (χ0n) is 16.8. The van der Waals surface area contributed by atoms with Crippen molar-refractivity contribution in [3.8, 4) is 11.3 Å². The van der Waals surface area contributed by atoms with Crippen molar-refractivity contribution in [2.24, 2.45) is 5.73 Å². The number of aryl methyl sites for hydroxylation is 1. The molecule has 0 saturated heterocycles. The van der Waals surface area contributed by atoms with Gasteiger partial charge < -0.3 is 20.5 Å². The Hall–Kier alpha value is -3.17. The minimum absolute atomic E-state index is 0.0465. The average molecular weight is 459 g/mol. The van der Waals surface area contributed by atoms with Crippen molar-refractivity contribution in [3.63, 3.8) is 0 Å². The molecule has 0 spiro atoms. The van der Waals surface area contributed by atoms with Crippen molar-refractivity contribution in [1.82, 2.24) is 10.1 Å². The second kappa shape index (κ2) is 8.16. The number of nitrogens with two attached hydrogens (primary N) is 1. The fourth-order valence-electron chi connectivity index (χ4n) is 3.66. The maximum Gasteiger partial charge on any atom is 0.262 e. The zero-order chi connectivity index (χ0) is 22.3. The van der Waals surface area contributed by atoms with Gasteiger partial charge in [-0.15, -0.1) is 11.3 Å². The number of anilines is 1. The molecule has 10 heteroatoms. The van der Waals surface area contributed by atoms with E-state index in [9.17, 15) is 14.4 Å². The van der Waals surface area contributed by atoms with Crippen LogP contribution in [-0.2, 0) is 17.8 Å². The van der Waals surface area contributed by atoms with Gasteiger partial charge in [0.05, 0.1) is 17.1 Å². The summed E-state index contributed by atoms with van der Waals surface area (Å²) in [5, 5.41) is 7.58. The number of hydrogen-bond donors (Lipinski definition) is 2. The van der Waals surface area contributed by atoms with Gasteiger partial charge in [-0.05, 0) is 25.0 Å². The number of carbonyl (C=O) groups excluding carboxylic acids is 3. The Labute approximate surface area is 187 Å². The molecule has 0 aliphatic carbocycles. The summed E-state index contributed by atoms with van der Waals surface area (Å²) in [4.78, 5) is 39.7. The van der Waals surface area contributed by atoms with Gasteiger partial charge in [0.2, 0.25) is 5.91 Å². The van der Waals surface area contributed by atoms with Crippen LogP contribution in [0.5, 0.6) is 0 Å². The second-order valence-electron chi connectivity index (χ2n) is 7.16. The average Bonchev–Trinajstić information content (AvgIpc) is 3.27. The molecule has 0 saturated carbocycles. The molecule has 0 radical (unpaired) electrons. The van der Waals surface area contributed by atoms with Gasteiger partial charge in [-0.1, -0.05) is 35.0 Å². The smallest absolute Gasteiger partial charge is 0.262 e. The van der Waals surface area contributed by atoms with Gasteiger partial charge in [-0.3, -0.25) is 14.4 Å². The summed E-state index contributed by atoms with van der Waals surface area (Å²) in [6, 6.07) is 7.00. The van der Waals surface area contributed by atoms with Crippen LogP contribution in [0.3, 0.4) is 0 Å². The third-order valence-electron chi connectivity index (χ3n) is 5.19. The lowest BCUT2D eigenvalue weighted by Crippen LogP contribution is -2.34. The van der Waals surface area contributed by atoms with Crippen LogP contribution in [0.15, 0.2) is 28.8 Å². The molecule has 0 bridgehead atoms. The first kappa shape index (κ1) is 21.1. The van der Waals surface area contributed by atoms with Gasteiger partial charge in [-0.25, -0.2) is 0 Å². The van der Waals surface area contributed by atoms with Gasteiger partial charge >= 0.3 is 0 Å². The lowest BCUT2D eigenvalue weighted by atomic mass is 10.0. The van der Waals surface area contributed by atoms with E-state index in [2.05, 4.69) is 10.5 Å². The topological polar surface area (TPSA) is 119 Å². The van der Waals surface area contributed by atoms with Crippen molar-refractivity contribution < 1.29 is 18.9 Å². The highest BCUT2D eigenvalue weighted by molar-refractivity contribution is 7.17. The molecule has 4 rings (SSSR count). The highest BCUT2D eigenvalue weighted by atomic mass is 35.5. The van der Waals surface area contributed by atoms with Crippen LogP contribution in [0, 0.1) is 6.92 Å². The molecule has 1 aromatic carbocycles. The molecule has 2 aromatic heterocycles. The largest absolute Gasteiger partial charge is 0.365 e. The van der Waals surface area contributed by atoms with E-state index in [0.717, 1.165) is 10.4 Å². The van der Waals surface area contributed by atoms with Crippen molar-refractivity contribution in [2.75, 3.05) is 11.9 Å². The Balaban J connectivity index is 1.71. The molecule has 1 aliphatic heterocycles. The summed E-state index contributed by atoms with van der Waals surface area (Å²) < 4.78 is 5.26. The van der Waals surface area contributed by atoms with Crippen LogP contribution < -0.4 is 11.1 Å². The number of nitrogens with zero attached hydrogens (tertiary/aromatic N) is 2. The molecule has 3 aromatic rings. The molecule has 160 valence electrons. The highest BCUT2D eigenvalue weighted by Crippen LogP contribution is 2.38. The summed E-state index contributed by atoms with van der Waals surface area (Å²) in [5.74, 6) is -0.845. The van der Waals surface area contributed by atoms with E-state index in [-0.39, 0.29) is 17.0 Å². The quantitative estimate of drug-likeness (QED) is 0.618. The van der Waals surface area contributed by atoms with E-state index in [1.165, 1.54) is 18.3 Å². The molecule has 31 heavy (non-hydrogen) atoms. The van der Waals surface area contributed by atoms with Gasteiger partial charge in [0, 0.05) is 23.9 Å². The number of rotatable bonds is 4. The number of nitrogens with one attached hydrogen (secondary N) is 1. The number of carbonyl (C=O) groups is 3. The number of halogens is 1. The number of thiophene rings is 1. The van der Waals surface area contributed by atoms with Crippen LogP contribution in [0.2, 0.25) is 5.02 Å². The molecule has 0 fully saturated rings. The Bertz CT molecular complexity index is 1220. The zero-order valence-corrected chi connectivity index (χ0v) is 18.4. The molecule has 0 atom stereocenters. The predicted molar refractivity (Wildman–Crippen MR) is 117 cm³/mol. The number of aromatic nitrogens is 1. The normalized spacial score (nSPS) is 13.1. The van der Waals surface area contributed by atoms with Gasteiger partial charge in [0.15, 0.2) is 0 Å². The Kier molecular flexibility index (Phi) is 5.55. The fraction of sp³-hybridized carbons (Fsp3) is 0.238. The Morgan fingerprint density at radius 3 is 2.68 bits per heavy atom. The van der Waals surface area contributed by atoms with Crippen molar-refractivity contribution in [1.29, 1.82) is 0 Å². The third-order valence-corrected chi connectivity index (χ3v) is 6.66. The van der Waals surface area contributed by atoms with Crippen molar-refractivity contribution in [2.45, 2.75) is 26.8 Å². The number of amides is 3. The maximum atomic E-state index is 13.2. The lowest BCUT2D eigenvalue weighted by molar-refractivity contribution is -0.129. The fourth-order valence-corrected chi connectivity index (χ4v) is 5.15. The first-order valence-electron chi connectivity index (χ1n) is 9.50. The number of fused-ring (bicyclic) bond motifs is 1. The molecular weight excluding hydrogens is 440 g/mol. The standard InChI is InChI=1S/C21H19ClN4O4S/c1-10-16(18(25-30-10)12-5-3-4-6-14(12)22)20(29)24-21-17(19(23)28)13-7-8-26(11(2)27)9-15(13)31-21/h3-6H,7-9H2,1-2H3,(H2,23,28)(H,24,29). The highest BCUT2D eigenvalue weighted by Gasteiger charge is 2.30. The first-order valence-corrected chi connectivity index (χ1v) is 10.7. The lowest BCUT2D eigenvalue weighted by Gasteiger charge is -2.25. The molecule has 3 N–H and O–H groups in total. The molecular formula is C21H19ClN4O4S. The molecule has 3 amide bonds. The van der Waals surface area contributed by atoms with Gasteiger partial charge in [0.1, 0.15) is 22.0 Å². The minimum Gasteiger partial charge on any atom is -0.365 e. The third kappa shape index (κ3) is 3.82. The summed E-state index contributed by atoms with van der Waals surface area (Å²) in [5.41, 5.74) is 7.78. The van der Waals surface area contributed by atoms with Gasteiger partial charge in [-0.2, -0.15) is 0 Å². The molecule has 0 unspecified atom stereocenters. The molecule has 1 aliphatic rings. The number of hydrogen-bond acceptors (Lipinski definition) is 6. The summed E-state index contributed by atoms with van der Waals surface area (Å²) in [6.07, 6.45) is 0.497. The summed E-state index contributed by atoms with van der Waals surface area (Å²) in [7, 11) is 0. The Morgan fingerprint density at radius 1 is 1.26 bits per heavy atom. The van der Waals surface area contributed by atoms with E-state index >= 15 is 0 Å². The number of primary amides is 1. The van der Waals surface area contributed by atoms with Crippen LogP contribution in [-0.4, -0.2) is 34.3 Å². The Morgan fingerprint density at radius 2 is 2.00 bits per heavy atom. The SMILES string of the molecule is CC(=O)N1CCc2c(sc(NC(=O)c3c(-c4ccccc4Cl)noc3C)c2C(N)=O)C1. The predicted octanol–water partition coefficient (Wildman–Crippen LogP) is 3.62. The first-order chi connectivity index (χ1) is 14.8. The van der Waals surface area contributed by atoms with Crippen molar-refractivity contribution >= 4 is 45.7 Å². The summed E-state index contributed by atoms with van der Waals surface area (Å²) >= 11 is 7.52. The van der Waals surface area contributed by atoms with E-state index in [0.29, 0.717) is 46.6 Å². The molecule has 8 nitrogen and oxygen atoms in total. The van der Waals surface area contributed by atoms with E-state index in [1.54, 1.807) is 36.1 Å². The summed E-state index contributed by atoms with van der Waals surface area (Å²) in [6.45, 7) is 4.00. The maximum absolute atomic E-state index is 13.2. The second-order valence-corrected chi connectivity index (χ2v) is 8.67. The van der Waals surface area contributed by atoms with Crippen LogP contribution in [0.4, 0.5) is 5.00 Å². The number of benzene rings is 1. The van der Waals surface area contributed by atoms with Crippen molar-refractivity contribution in [3.05, 3.63) is 56.6 Å².